The van der Waals surface area contributed by atoms with Crippen LogP contribution < -0.4 is 5.32 Å². The fraction of sp³-hybridized carbons (Fsp3) is 0.643. The Morgan fingerprint density at radius 3 is 2.72 bits per heavy atom. The lowest BCUT2D eigenvalue weighted by molar-refractivity contribution is 0.291. The summed E-state index contributed by atoms with van der Waals surface area (Å²) in [7, 11) is 0. The van der Waals surface area contributed by atoms with Crippen molar-refractivity contribution in [1.29, 1.82) is 0 Å². The normalized spacial score (nSPS) is 17.3. The number of hydrogen-bond donors (Lipinski definition) is 1. The van der Waals surface area contributed by atoms with Gasteiger partial charge in [0.25, 0.3) is 0 Å². The molecule has 0 bridgehead atoms. The molecule has 0 unspecified atom stereocenters. The highest BCUT2D eigenvalue weighted by molar-refractivity contribution is 7.99. The monoisotopic (exact) mass is 265 g/mol. The molecule has 0 spiro atoms. The van der Waals surface area contributed by atoms with E-state index in [1.54, 1.807) is 0 Å². The van der Waals surface area contributed by atoms with Crippen LogP contribution >= 0.6 is 11.8 Å². The van der Waals surface area contributed by atoms with Gasteiger partial charge in [-0.1, -0.05) is 19.9 Å². The van der Waals surface area contributed by atoms with E-state index in [9.17, 15) is 0 Å². The van der Waals surface area contributed by atoms with E-state index in [1.165, 1.54) is 35.9 Å². The van der Waals surface area contributed by atoms with Crippen LogP contribution in [0.1, 0.15) is 25.1 Å². The molecule has 0 amide bonds. The Labute approximate surface area is 114 Å². The summed E-state index contributed by atoms with van der Waals surface area (Å²) in [6.45, 7) is 8.63. The number of nitrogens with zero attached hydrogens (tertiary/aromatic N) is 2. The van der Waals surface area contributed by atoms with Gasteiger partial charge in [0.15, 0.2) is 0 Å². The second-order valence-electron chi connectivity index (χ2n) is 5.08. The molecule has 2 rings (SSSR count). The third-order valence-corrected chi connectivity index (χ3v) is 4.03. The fourth-order valence-electron chi connectivity index (χ4n) is 1.96. The summed E-state index contributed by atoms with van der Waals surface area (Å²) in [6, 6.07) is 4.88. The molecule has 0 aromatic carbocycles. The Bertz CT molecular complexity index is 345. The quantitative estimate of drug-likeness (QED) is 0.883. The maximum absolute atomic E-state index is 4.56. The van der Waals surface area contributed by atoms with Crippen LogP contribution in [0.3, 0.4) is 0 Å². The van der Waals surface area contributed by atoms with E-state index in [4.69, 9.17) is 0 Å². The second-order valence-corrected chi connectivity index (χ2v) is 6.31. The topological polar surface area (TPSA) is 28.2 Å². The molecule has 2 heterocycles. The summed E-state index contributed by atoms with van der Waals surface area (Å²) in [5, 5.41) is 3.41. The maximum Gasteiger partial charge on any atom is 0.0544 e. The minimum absolute atomic E-state index is 0.524. The van der Waals surface area contributed by atoms with Crippen molar-refractivity contribution in [3.8, 4) is 0 Å². The highest BCUT2D eigenvalue weighted by Gasteiger charge is 2.11. The third-order valence-electron chi connectivity index (χ3n) is 3.09. The number of nitrogens with one attached hydrogen (secondary N) is 1. The molecule has 3 nitrogen and oxygen atoms in total. The summed E-state index contributed by atoms with van der Waals surface area (Å²) in [4.78, 5) is 7.05. The smallest absolute Gasteiger partial charge is 0.0544 e. The molecule has 100 valence electrons. The van der Waals surface area contributed by atoms with Gasteiger partial charge in [0.05, 0.1) is 5.69 Å². The van der Waals surface area contributed by atoms with E-state index in [1.807, 2.05) is 6.20 Å². The van der Waals surface area contributed by atoms with Crippen LogP contribution in [0.2, 0.25) is 0 Å². The zero-order valence-corrected chi connectivity index (χ0v) is 12.2. The van der Waals surface area contributed by atoms with Crippen molar-refractivity contribution in [2.75, 3.05) is 24.6 Å². The van der Waals surface area contributed by atoms with Gasteiger partial charge in [-0.3, -0.25) is 9.88 Å². The number of pyridine rings is 1. The van der Waals surface area contributed by atoms with Crippen molar-refractivity contribution in [2.45, 2.75) is 33.0 Å². The molecule has 0 saturated carbocycles. The minimum atomic E-state index is 0.524. The molecular formula is C14H23N3S. The first-order chi connectivity index (χ1) is 8.74. The average Bonchev–Trinajstić information content (AvgIpc) is 2.39. The van der Waals surface area contributed by atoms with Gasteiger partial charge in [-0.2, -0.15) is 11.8 Å². The summed E-state index contributed by atoms with van der Waals surface area (Å²) in [5.74, 6) is 2.52. The summed E-state index contributed by atoms with van der Waals surface area (Å²) in [6.07, 6.45) is 2.00. The molecule has 1 fully saturated rings. The van der Waals surface area contributed by atoms with Crippen molar-refractivity contribution < 1.29 is 0 Å². The molecule has 18 heavy (non-hydrogen) atoms. The first-order valence-corrected chi connectivity index (χ1v) is 7.87. The van der Waals surface area contributed by atoms with E-state index < -0.39 is 0 Å². The Kier molecular flexibility index (Phi) is 5.47. The van der Waals surface area contributed by atoms with Gasteiger partial charge >= 0.3 is 0 Å². The zero-order valence-electron chi connectivity index (χ0n) is 11.4. The van der Waals surface area contributed by atoms with Crippen molar-refractivity contribution in [1.82, 2.24) is 15.2 Å². The van der Waals surface area contributed by atoms with Crippen LogP contribution in [0, 0.1) is 0 Å². The molecule has 1 aliphatic heterocycles. The molecule has 4 heteroatoms. The molecule has 0 radical (unpaired) electrons. The number of aromatic nitrogens is 1. The Hall–Kier alpha value is -0.580. The first kappa shape index (κ1) is 13.8. The lowest BCUT2D eigenvalue weighted by Gasteiger charge is -2.25. The average molecular weight is 265 g/mol. The molecule has 1 N–H and O–H groups in total. The van der Waals surface area contributed by atoms with Crippen LogP contribution in [0.5, 0.6) is 0 Å². The number of rotatable bonds is 5. The second kappa shape index (κ2) is 7.12. The van der Waals surface area contributed by atoms with Gasteiger partial charge in [-0.05, 0) is 11.6 Å². The summed E-state index contributed by atoms with van der Waals surface area (Å²) in [5.41, 5.74) is 2.46. The standard InChI is InChI=1S/C14H23N3S/c1-12(2)15-9-13-3-4-14(16-10-13)11-17-5-7-18-8-6-17/h3-4,10,12,15H,5-9,11H2,1-2H3. The van der Waals surface area contributed by atoms with Crippen LogP contribution in [-0.2, 0) is 13.1 Å². The van der Waals surface area contributed by atoms with Gasteiger partial charge in [0, 0.05) is 49.9 Å². The Balaban J connectivity index is 1.83. The Morgan fingerprint density at radius 1 is 1.33 bits per heavy atom. The van der Waals surface area contributed by atoms with Crippen molar-refractivity contribution in [3.05, 3.63) is 29.6 Å². The molecule has 1 aliphatic rings. The van der Waals surface area contributed by atoms with E-state index in [2.05, 4.69) is 52.9 Å². The molecule has 0 atom stereocenters. The molecule has 1 aromatic rings. The lowest BCUT2D eigenvalue weighted by atomic mass is 10.2. The van der Waals surface area contributed by atoms with E-state index >= 15 is 0 Å². The van der Waals surface area contributed by atoms with E-state index in [0.29, 0.717) is 6.04 Å². The van der Waals surface area contributed by atoms with Crippen LogP contribution in [0.25, 0.3) is 0 Å². The lowest BCUT2D eigenvalue weighted by Crippen LogP contribution is -2.32. The predicted octanol–water partition coefficient (Wildman–Crippen LogP) is 2.13. The third kappa shape index (κ3) is 4.59. The molecule has 0 aliphatic carbocycles. The van der Waals surface area contributed by atoms with Gasteiger partial charge < -0.3 is 5.32 Å². The largest absolute Gasteiger partial charge is 0.310 e. The van der Waals surface area contributed by atoms with Crippen molar-refractivity contribution >= 4 is 11.8 Å². The summed E-state index contributed by atoms with van der Waals surface area (Å²) >= 11 is 2.05. The van der Waals surface area contributed by atoms with E-state index in [-0.39, 0.29) is 0 Å². The number of hydrogen-bond acceptors (Lipinski definition) is 4. The fourth-order valence-corrected chi connectivity index (χ4v) is 2.94. The Morgan fingerprint density at radius 2 is 2.11 bits per heavy atom. The minimum Gasteiger partial charge on any atom is -0.310 e. The highest BCUT2D eigenvalue weighted by Crippen LogP contribution is 2.12. The van der Waals surface area contributed by atoms with Crippen molar-refractivity contribution in [3.63, 3.8) is 0 Å². The summed E-state index contributed by atoms with van der Waals surface area (Å²) < 4.78 is 0. The van der Waals surface area contributed by atoms with Crippen LogP contribution in [-0.4, -0.2) is 40.5 Å². The number of thioether (sulfide) groups is 1. The van der Waals surface area contributed by atoms with E-state index in [0.717, 1.165) is 13.1 Å². The SMILES string of the molecule is CC(C)NCc1ccc(CN2CCSCC2)nc1. The highest BCUT2D eigenvalue weighted by atomic mass is 32.2. The van der Waals surface area contributed by atoms with Crippen LogP contribution in [0.15, 0.2) is 18.3 Å². The molecular weight excluding hydrogens is 242 g/mol. The van der Waals surface area contributed by atoms with Gasteiger partial charge in [0.2, 0.25) is 0 Å². The van der Waals surface area contributed by atoms with Crippen molar-refractivity contribution in [2.24, 2.45) is 0 Å². The van der Waals surface area contributed by atoms with Gasteiger partial charge in [0.1, 0.15) is 0 Å². The zero-order chi connectivity index (χ0) is 12.8. The maximum atomic E-state index is 4.56. The predicted molar refractivity (Wildman–Crippen MR) is 78.8 cm³/mol. The molecule has 1 aromatic heterocycles. The first-order valence-electron chi connectivity index (χ1n) is 6.71. The molecule has 1 saturated heterocycles. The van der Waals surface area contributed by atoms with Crippen LogP contribution in [0.4, 0.5) is 0 Å². The van der Waals surface area contributed by atoms with Gasteiger partial charge in [-0.25, -0.2) is 0 Å². The van der Waals surface area contributed by atoms with Gasteiger partial charge in [-0.15, -0.1) is 0 Å².